The fourth-order valence-electron chi connectivity index (χ4n) is 2.61. The van der Waals surface area contributed by atoms with Crippen molar-refractivity contribution in [1.82, 2.24) is 10.2 Å². The average Bonchev–Trinajstić information content (AvgIpc) is 2.32. The maximum atomic E-state index is 12.1. The smallest absolute Gasteiger partial charge is 0.317 e. The predicted octanol–water partition coefficient (Wildman–Crippen LogP) is 1.43. The minimum Gasteiger partial charge on any atom is -0.481 e. The number of amides is 2. The van der Waals surface area contributed by atoms with Crippen LogP contribution in [0, 0.1) is 5.41 Å². The number of aliphatic hydroxyl groups is 1. The van der Waals surface area contributed by atoms with Crippen LogP contribution in [-0.2, 0) is 4.79 Å². The van der Waals surface area contributed by atoms with Crippen LogP contribution in [0.4, 0.5) is 4.79 Å². The molecule has 1 fully saturated rings. The zero-order valence-corrected chi connectivity index (χ0v) is 12.4. The molecule has 0 aromatic heterocycles. The minimum atomic E-state index is -0.806. The second kappa shape index (κ2) is 7.47. The van der Waals surface area contributed by atoms with E-state index in [1.165, 1.54) is 0 Å². The highest BCUT2D eigenvalue weighted by Crippen LogP contribution is 2.43. The summed E-state index contributed by atoms with van der Waals surface area (Å²) in [6, 6.07) is -0.122. The summed E-state index contributed by atoms with van der Waals surface area (Å²) in [6.07, 6.45) is 3.41. The van der Waals surface area contributed by atoms with E-state index in [9.17, 15) is 9.59 Å². The molecular formula is C14H26N2O4. The third-order valence-corrected chi connectivity index (χ3v) is 4.00. The molecule has 116 valence electrons. The molecule has 0 heterocycles. The molecule has 0 atom stereocenters. The Hall–Kier alpha value is -1.30. The van der Waals surface area contributed by atoms with E-state index in [1.807, 2.05) is 13.8 Å². The number of urea groups is 1. The van der Waals surface area contributed by atoms with Crippen LogP contribution in [0.1, 0.15) is 46.0 Å². The van der Waals surface area contributed by atoms with Crippen LogP contribution < -0.4 is 5.32 Å². The lowest BCUT2D eigenvalue weighted by molar-refractivity contribution is -0.141. The Kier molecular flexibility index (Phi) is 6.26. The molecule has 0 bridgehead atoms. The second-order valence-corrected chi connectivity index (χ2v) is 5.95. The SMILES string of the molecule is CC(C)N(CCCO)C(=O)NCC1(CC(=O)O)CCC1. The molecular weight excluding hydrogens is 260 g/mol. The number of carbonyl (C=O) groups is 2. The summed E-state index contributed by atoms with van der Waals surface area (Å²) < 4.78 is 0. The van der Waals surface area contributed by atoms with Crippen LogP contribution in [0.5, 0.6) is 0 Å². The van der Waals surface area contributed by atoms with Gasteiger partial charge in [-0.05, 0) is 38.5 Å². The molecule has 0 aliphatic heterocycles. The van der Waals surface area contributed by atoms with Crippen molar-refractivity contribution in [3.63, 3.8) is 0 Å². The predicted molar refractivity (Wildman–Crippen MR) is 75.5 cm³/mol. The minimum absolute atomic E-state index is 0.0540. The van der Waals surface area contributed by atoms with Crippen molar-refractivity contribution >= 4 is 12.0 Å². The van der Waals surface area contributed by atoms with E-state index in [0.29, 0.717) is 19.5 Å². The summed E-state index contributed by atoms with van der Waals surface area (Å²) in [4.78, 5) is 24.7. The first-order valence-corrected chi connectivity index (χ1v) is 7.27. The molecule has 0 saturated heterocycles. The fourth-order valence-corrected chi connectivity index (χ4v) is 2.61. The number of rotatable bonds is 8. The lowest BCUT2D eigenvalue weighted by Crippen LogP contribution is -2.50. The molecule has 3 N–H and O–H groups in total. The third-order valence-electron chi connectivity index (χ3n) is 4.00. The number of aliphatic hydroxyl groups excluding tert-OH is 1. The van der Waals surface area contributed by atoms with Crippen molar-refractivity contribution in [3.05, 3.63) is 0 Å². The number of hydrogen-bond acceptors (Lipinski definition) is 3. The monoisotopic (exact) mass is 286 g/mol. The van der Waals surface area contributed by atoms with Crippen LogP contribution in [0.3, 0.4) is 0 Å². The number of nitrogens with zero attached hydrogens (tertiary/aromatic N) is 1. The maximum absolute atomic E-state index is 12.1. The van der Waals surface area contributed by atoms with Crippen LogP contribution in [-0.4, -0.2) is 52.9 Å². The van der Waals surface area contributed by atoms with Crippen molar-refractivity contribution in [2.24, 2.45) is 5.41 Å². The normalized spacial score (nSPS) is 16.6. The van der Waals surface area contributed by atoms with E-state index >= 15 is 0 Å². The fraction of sp³-hybridized carbons (Fsp3) is 0.857. The standard InChI is InChI=1S/C14H26N2O4/c1-11(2)16(7-4-8-17)13(20)15-10-14(5-3-6-14)9-12(18)19/h11,17H,3-10H2,1-2H3,(H,15,20)(H,18,19). The third kappa shape index (κ3) is 4.67. The number of nitrogens with one attached hydrogen (secondary N) is 1. The van der Waals surface area contributed by atoms with Crippen LogP contribution in [0.2, 0.25) is 0 Å². The van der Waals surface area contributed by atoms with Gasteiger partial charge in [-0.1, -0.05) is 6.42 Å². The maximum Gasteiger partial charge on any atom is 0.317 e. The molecule has 1 saturated carbocycles. The van der Waals surface area contributed by atoms with Gasteiger partial charge < -0.3 is 20.4 Å². The highest BCUT2D eigenvalue weighted by molar-refractivity contribution is 5.74. The van der Waals surface area contributed by atoms with E-state index in [1.54, 1.807) is 4.90 Å². The first-order chi connectivity index (χ1) is 9.40. The van der Waals surface area contributed by atoms with Gasteiger partial charge in [0.2, 0.25) is 0 Å². The molecule has 0 radical (unpaired) electrons. The Morgan fingerprint density at radius 2 is 2.00 bits per heavy atom. The number of hydrogen-bond donors (Lipinski definition) is 3. The van der Waals surface area contributed by atoms with Gasteiger partial charge >= 0.3 is 12.0 Å². The molecule has 0 unspecified atom stereocenters. The van der Waals surface area contributed by atoms with Crippen molar-refractivity contribution in [1.29, 1.82) is 0 Å². The summed E-state index contributed by atoms with van der Waals surface area (Å²) in [7, 11) is 0. The largest absolute Gasteiger partial charge is 0.481 e. The van der Waals surface area contributed by atoms with Gasteiger partial charge in [-0.2, -0.15) is 0 Å². The number of carbonyl (C=O) groups excluding carboxylic acids is 1. The van der Waals surface area contributed by atoms with Crippen molar-refractivity contribution in [3.8, 4) is 0 Å². The highest BCUT2D eigenvalue weighted by atomic mass is 16.4. The zero-order chi connectivity index (χ0) is 15.2. The van der Waals surface area contributed by atoms with Gasteiger partial charge in [-0.15, -0.1) is 0 Å². The van der Waals surface area contributed by atoms with Gasteiger partial charge in [-0.25, -0.2) is 4.79 Å². The van der Waals surface area contributed by atoms with Gasteiger partial charge in [0.15, 0.2) is 0 Å². The average molecular weight is 286 g/mol. The van der Waals surface area contributed by atoms with Gasteiger partial charge in [0.05, 0.1) is 6.42 Å². The lowest BCUT2D eigenvalue weighted by Gasteiger charge is -2.41. The summed E-state index contributed by atoms with van der Waals surface area (Å²) in [5, 5.41) is 20.7. The van der Waals surface area contributed by atoms with Gasteiger partial charge in [-0.3, -0.25) is 4.79 Å². The molecule has 0 aromatic carbocycles. The Morgan fingerprint density at radius 1 is 1.35 bits per heavy atom. The van der Waals surface area contributed by atoms with Crippen molar-refractivity contribution < 1.29 is 19.8 Å². The first-order valence-electron chi connectivity index (χ1n) is 7.27. The Morgan fingerprint density at radius 3 is 2.40 bits per heavy atom. The van der Waals surface area contributed by atoms with Crippen LogP contribution >= 0.6 is 0 Å². The quantitative estimate of drug-likeness (QED) is 0.629. The van der Waals surface area contributed by atoms with E-state index < -0.39 is 5.97 Å². The van der Waals surface area contributed by atoms with Crippen LogP contribution in [0.15, 0.2) is 0 Å². The Balaban J connectivity index is 2.49. The summed E-state index contributed by atoms with van der Waals surface area (Å²) >= 11 is 0. The highest BCUT2D eigenvalue weighted by Gasteiger charge is 2.39. The van der Waals surface area contributed by atoms with Gasteiger partial charge in [0.25, 0.3) is 0 Å². The summed E-state index contributed by atoms with van der Waals surface area (Å²) in [5.41, 5.74) is -0.263. The van der Waals surface area contributed by atoms with Crippen molar-refractivity contribution in [2.75, 3.05) is 19.7 Å². The molecule has 6 heteroatoms. The topological polar surface area (TPSA) is 89.9 Å². The molecule has 2 amide bonds. The number of carboxylic acids is 1. The summed E-state index contributed by atoms with van der Waals surface area (Å²) in [5.74, 6) is -0.806. The molecule has 1 aliphatic rings. The molecule has 0 spiro atoms. The molecule has 0 aromatic rings. The Bertz CT molecular complexity index is 340. The van der Waals surface area contributed by atoms with Crippen molar-refractivity contribution in [2.45, 2.75) is 52.0 Å². The van der Waals surface area contributed by atoms with E-state index in [-0.39, 0.29) is 30.5 Å². The van der Waals surface area contributed by atoms with E-state index in [2.05, 4.69) is 5.32 Å². The van der Waals surface area contributed by atoms with E-state index in [0.717, 1.165) is 19.3 Å². The molecule has 20 heavy (non-hydrogen) atoms. The molecule has 6 nitrogen and oxygen atoms in total. The lowest BCUT2D eigenvalue weighted by atomic mass is 9.66. The zero-order valence-electron chi connectivity index (χ0n) is 12.4. The molecule has 1 rings (SSSR count). The number of carboxylic acid groups (broad SMARTS) is 1. The van der Waals surface area contributed by atoms with Crippen LogP contribution in [0.25, 0.3) is 0 Å². The van der Waals surface area contributed by atoms with Gasteiger partial charge in [0, 0.05) is 25.7 Å². The van der Waals surface area contributed by atoms with E-state index in [4.69, 9.17) is 10.2 Å². The molecule has 1 aliphatic carbocycles. The van der Waals surface area contributed by atoms with Gasteiger partial charge in [0.1, 0.15) is 0 Å². The summed E-state index contributed by atoms with van der Waals surface area (Å²) in [6.45, 7) is 4.83. The number of aliphatic carboxylic acids is 1. The second-order valence-electron chi connectivity index (χ2n) is 5.95. The Labute approximate surface area is 120 Å². The first kappa shape index (κ1) is 16.8.